The molecule has 0 aliphatic heterocycles. The fourth-order valence-electron chi connectivity index (χ4n) is 3.71. The van der Waals surface area contributed by atoms with Crippen molar-refractivity contribution in [2.75, 3.05) is 10.6 Å². The van der Waals surface area contributed by atoms with E-state index in [-0.39, 0.29) is 17.9 Å². The highest BCUT2D eigenvalue weighted by Gasteiger charge is 2.20. The third kappa shape index (κ3) is 4.51. The molecule has 0 atom stereocenters. The second kappa shape index (κ2) is 9.22. The molecule has 1 aromatic carbocycles. The van der Waals surface area contributed by atoms with E-state index in [9.17, 15) is 9.59 Å². The average Bonchev–Trinajstić information content (AvgIpc) is 3.54. The number of furan rings is 1. The van der Waals surface area contributed by atoms with Crippen LogP contribution in [0.25, 0.3) is 22.5 Å². The summed E-state index contributed by atoms with van der Waals surface area (Å²) in [7, 11) is 0. The molecule has 5 aromatic rings. The quantitative estimate of drug-likeness (QED) is 0.357. The first kappa shape index (κ1) is 22.0. The van der Waals surface area contributed by atoms with Crippen molar-refractivity contribution in [3.63, 3.8) is 0 Å². The monoisotopic (exact) mass is 466 g/mol. The SMILES string of the molecule is CC(C)n1ncc2c(C(=O)Nc3cccc(C(=O)Nc4ccncc4)c3)cc(-c3ccco3)nc21. The molecule has 0 saturated heterocycles. The Balaban J connectivity index is 1.46. The normalized spacial score (nSPS) is 11.1. The van der Waals surface area contributed by atoms with E-state index >= 15 is 0 Å². The van der Waals surface area contributed by atoms with Crippen LogP contribution in [0.1, 0.15) is 40.6 Å². The second-order valence-corrected chi connectivity index (χ2v) is 8.18. The van der Waals surface area contributed by atoms with Gasteiger partial charge in [-0.15, -0.1) is 0 Å². The van der Waals surface area contributed by atoms with Crippen LogP contribution in [-0.4, -0.2) is 31.6 Å². The van der Waals surface area contributed by atoms with E-state index in [1.54, 1.807) is 84.1 Å². The number of carbonyl (C=O) groups is 2. The van der Waals surface area contributed by atoms with Crippen molar-refractivity contribution in [2.24, 2.45) is 0 Å². The van der Waals surface area contributed by atoms with Crippen LogP contribution in [0.4, 0.5) is 11.4 Å². The lowest BCUT2D eigenvalue weighted by molar-refractivity contribution is 0.101. The summed E-state index contributed by atoms with van der Waals surface area (Å²) in [5, 5.41) is 10.8. The summed E-state index contributed by atoms with van der Waals surface area (Å²) in [5.74, 6) is -0.0932. The number of fused-ring (bicyclic) bond motifs is 1. The van der Waals surface area contributed by atoms with Crippen molar-refractivity contribution in [3.8, 4) is 11.5 Å². The third-order valence-electron chi connectivity index (χ3n) is 5.39. The molecule has 4 aromatic heterocycles. The number of amides is 2. The first-order valence-corrected chi connectivity index (χ1v) is 11.0. The molecule has 0 fully saturated rings. The number of hydrogen-bond donors (Lipinski definition) is 2. The van der Waals surface area contributed by atoms with Crippen molar-refractivity contribution in [2.45, 2.75) is 19.9 Å². The molecule has 9 nitrogen and oxygen atoms in total. The van der Waals surface area contributed by atoms with Crippen LogP contribution in [0.3, 0.4) is 0 Å². The first-order valence-electron chi connectivity index (χ1n) is 11.0. The third-order valence-corrected chi connectivity index (χ3v) is 5.39. The van der Waals surface area contributed by atoms with Crippen LogP contribution < -0.4 is 10.6 Å². The minimum absolute atomic E-state index is 0.0540. The summed E-state index contributed by atoms with van der Waals surface area (Å²) in [6.45, 7) is 3.99. The van der Waals surface area contributed by atoms with E-state index in [0.717, 1.165) is 0 Å². The van der Waals surface area contributed by atoms with Crippen LogP contribution in [0.5, 0.6) is 0 Å². The van der Waals surface area contributed by atoms with Crippen LogP contribution >= 0.6 is 0 Å². The zero-order chi connectivity index (χ0) is 24.4. The van der Waals surface area contributed by atoms with Gasteiger partial charge in [0, 0.05) is 35.4 Å². The number of pyridine rings is 2. The van der Waals surface area contributed by atoms with Gasteiger partial charge in [-0.05, 0) is 62.4 Å². The van der Waals surface area contributed by atoms with Gasteiger partial charge in [-0.25, -0.2) is 9.67 Å². The predicted molar refractivity (Wildman–Crippen MR) is 132 cm³/mol. The Morgan fingerprint density at radius 2 is 1.74 bits per heavy atom. The highest BCUT2D eigenvalue weighted by molar-refractivity contribution is 6.13. The molecule has 4 heterocycles. The zero-order valence-corrected chi connectivity index (χ0v) is 19.1. The molecule has 35 heavy (non-hydrogen) atoms. The Morgan fingerprint density at radius 1 is 0.943 bits per heavy atom. The molecule has 5 rings (SSSR count). The molecule has 0 aliphatic rings. The van der Waals surface area contributed by atoms with Crippen molar-refractivity contribution in [3.05, 3.63) is 90.6 Å². The number of carbonyl (C=O) groups excluding carboxylic acids is 2. The number of hydrogen-bond acceptors (Lipinski definition) is 6. The van der Waals surface area contributed by atoms with E-state index in [4.69, 9.17) is 9.40 Å². The number of aromatic nitrogens is 4. The topological polar surface area (TPSA) is 115 Å². The van der Waals surface area contributed by atoms with E-state index in [2.05, 4.69) is 20.7 Å². The Kier molecular flexibility index (Phi) is 5.80. The summed E-state index contributed by atoms with van der Waals surface area (Å²) >= 11 is 0. The fourth-order valence-corrected chi connectivity index (χ4v) is 3.71. The standard InChI is InChI=1S/C26H22N6O3/c1-16(2)32-24-21(15-28-32)20(14-22(31-24)23-7-4-12-35-23)26(34)30-19-6-3-5-17(13-19)25(33)29-18-8-10-27-11-9-18/h3-16H,1-2H3,(H,30,34)(H,27,29,33). The molecule has 174 valence electrons. The lowest BCUT2D eigenvalue weighted by Crippen LogP contribution is -2.15. The molecular formula is C26H22N6O3. The highest BCUT2D eigenvalue weighted by Crippen LogP contribution is 2.27. The largest absolute Gasteiger partial charge is 0.463 e. The van der Waals surface area contributed by atoms with Crippen LogP contribution in [0, 0.1) is 0 Å². The van der Waals surface area contributed by atoms with Gasteiger partial charge in [0.25, 0.3) is 11.8 Å². The molecule has 0 saturated carbocycles. The fraction of sp³-hybridized carbons (Fsp3) is 0.115. The molecule has 9 heteroatoms. The van der Waals surface area contributed by atoms with Gasteiger partial charge in [0.15, 0.2) is 11.4 Å². The van der Waals surface area contributed by atoms with Gasteiger partial charge < -0.3 is 15.1 Å². The smallest absolute Gasteiger partial charge is 0.256 e. The van der Waals surface area contributed by atoms with E-state index < -0.39 is 0 Å². The average molecular weight is 467 g/mol. The highest BCUT2D eigenvalue weighted by atomic mass is 16.3. The van der Waals surface area contributed by atoms with Crippen LogP contribution in [0.15, 0.2) is 83.9 Å². The molecule has 2 amide bonds. The number of benzene rings is 1. The lowest BCUT2D eigenvalue weighted by atomic mass is 10.1. The van der Waals surface area contributed by atoms with Crippen molar-refractivity contribution in [1.29, 1.82) is 0 Å². The lowest BCUT2D eigenvalue weighted by Gasteiger charge is -2.11. The predicted octanol–water partition coefficient (Wildman–Crippen LogP) is 5.17. The van der Waals surface area contributed by atoms with Crippen molar-refractivity contribution >= 4 is 34.2 Å². The Bertz CT molecular complexity index is 1510. The molecule has 0 radical (unpaired) electrons. The second-order valence-electron chi connectivity index (χ2n) is 8.18. The maximum absolute atomic E-state index is 13.4. The summed E-state index contributed by atoms with van der Waals surface area (Å²) in [4.78, 5) is 34.7. The minimum atomic E-state index is -0.347. The number of anilines is 2. The number of rotatable bonds is 6. The number of nitrogens with zero attached hydrogens (tertiary/aromatic N) is 4. The van der Waals surface area contributed by atoms with Gasteiger partial charge in [0.05, 0.1) is 23.4 Å². The Labute approximate surface area is 200 Å². The Hall–Kier alpha value is -4.79. The van der Waals surface area contributed by atoms with Gasteiger partial charge in [-0.3, -0.25) is 14.6 Å². The molecule has 2 N–H and O–H groups in total. The van der Waals surface area contributed by atoms with Crippen molar-refractivity contribution < 1.29 is 14.0 Å². The maximum atomic E-state index is 13.4. The molecular weight excluding hydrogens is 444 g/mol. The Morgan fingerprint density at radius 3 is 2.49 bits per heavy atom. The van der Waals surface area contributed by atoms with Crippen LogP contribution in [-0.2, 0) is 0 Å². The van der Waals surface area contributed by atoms with Gasteiger partial charge in [0.1, 0.15) is 5.69 Å². The summed E-state index contributed by atoms with van der Waals surface area (Å²) < 4.78 is 7.28. The molecule has 0 bridgehead atoms. The van der Waals surface area contributed by atoms with Gasteiger partial charge in [-0.2, -0.15) is 5.10 Å². The van der Waals surface area contributed by atoms with Gasteiger partial charge >= 0.3 is 0 Å². The van der Waals surface area contributed by atoms with Gasteiger partial charge in [-0.1, -0.05) is 6.07 Å². The van der Waals surface area contributed by atoms with E-state index in [1.165, 1.54) is 0 Å². The molecule has 0 unspecified atom stereocenters. The van der Waals surface area contributed by atoms with Crippen LogP contribution in [0.2, 0.25) is 0 Å². The van der Waals surface area contributed by atoms with E-state index in [1.807, 2.05) is 13.8 Å². The van der Waals surface area contributed by atoms with Gasteiger partial charge in [0.2, 0.25) is 0 Å². The maximum Gasteiger partial charge on any atom is 0.256 e. The minimum Gasteiger partial charge on any atom is -0.463 e. The van der Waals surface area contributed by atoms with Crippen molar-refractivity contribution in [1.82, 2.24) is 19.7 Å². The molecule has 0 aliphatic carbocycles. The summed E-state index contributed by atoms with van der Waals surface area (Å²) in [6.07, 6.45) is 6.39. The first-order chi connectivity index (χ1) is 17.0. The van der Waals surface area contributed by atoms with E-state index in [0.29, 0.717) is 45.0 Å². The summed E-state index contributed by atoms with van der Waals surface area (Å²) in [5.41, 5.74) is 3.04. The summed E-state index contributed by atoms with van der Waals surface area (Å²) in [6, 6.07) is 15.4. The number of nitrogens with one attached hydrogen (secondary N) is 2. The molecule has 0 spiro atoms. The zero-order valence-electron chi connectivity index (χ0n) is 19.1.